The molecule has 4 aromatic rings. The second-order valence-corrected chi connectivity index (χ2v) is 6.94. The number of carbonyl (C=O) groups is 1. The van der Waals surface area contributed by atoms with Crippen LogP contribution in [0.2, 0.25) is 0 Å². The van der Waals surface area contributed by atoms with Gasteiger partial charge in [-0.3, -0.25) is 14.9 Å². The van der Waals surface area contributed by atoms with E-state index in [4.69, 9.17) is 4.98 Å². The highest BCUT2D eigenvalue weighted by Gasteiger charge is 2.15. The van der Waals surface area contributed by atoms with E-state index in [0.29, 0.717) is 36.7 Å². The normalized spacial score (nSPS) is 10.6. The van der Waals surface area contributed by atoms with E-state index < -0.39 is 0 Å². The maximum absolute atomic E-state index is 13.5. The fourth-order valence-corrected chi connectivity index (χ4v) is 3.25. The summed E-state index contributed by atoms with van der Waals surface area (Å²) < 4.78 is 13.5. The van der Waals surface area contributed by atoms with Crippen LogP contribution in [0.5, 0.6) is 0 Å². The highest BCUT2D eigenvalue weighted by Crippen LogP contribution is 2.28. The first-order valence-corrected chi connectivity index (χ1v) is 9.83. The molecule has 4 rings (SSSR count). The van der Waals surface area contributed by atoms with Gasteiger partial charge in [0, 0.05) is 25.1 Å². The Kier molecular flexibility index (Phi) is 6.27. The van der Waals surface area contributed by atoms with Crippen molar-refractivity contribution in [2.75, 3.05) is 16.8 Å². The number of nitrogens with one attached hydrogen (secondary N) is 2. The largest absolute Gasteiger partial charge is 0.368 e. The number of nitrogens with zero attached hydrogens (tertiary/aromatic N) is 4. The average molecular weight is 416 g/mol. The monoisotopic (exact) mass is 416 g/mol. The molecule has 31 heavy (non-hydrogen) atoms. The van der Waals surface area contributed by atoms with E-state index in [1.165, 1.54) is 12.1 Å². The predicted octanol–water partition coefficient (Wildman–Crippen LogP) is 3.82. The number of hydrogen-bond acceptors (Lipinski definition) is 5. The molecule has 8 heteroatoms. The van der Waals surface area contributed by atoms with Gasteiger partial charge in [0.25, 0.3) is 0 Å². The average Bonchev–Trinajstić information content (AvgIpc) is 3.33. The van der Waals surface area contributed by atoms with Crippen LogP contribution in [-0.4, -0.2) is 33.1 Å². The van der Waals surface area contributed by atoms with Crippen LogP contribution in [0.4, 0.5) is 15.9 Å². The van der Waals surface area contributed by atoms with Crippen molar-refractivity contribution in [1.29, 1.82) is 0 Å². The Morgan fingerprint density at radius 1 is 1.06 bits per heavy atom. The van der Waals surface area contributed by atoms with Crippen LogP contribution in [0.15, 0.2) is 73.2 Å². The summed E-state index contributed by atoms with van der Waals surface area (Å²) in [5, 5.41) is 10.2. The van der Waals surface area contributed by atoms with E-state index >= 15 is 0 Å². The van der Waals surface area contributed by atoms with Gasteiger partial charge >= 0.3 is 0 Å². The van der Waals surface area contributed by atoms with Crippen LogP contribution in [0.25, 0.3) is 11.4 Å². The zero-order chi connectivity index (χ0) is 21.5. The van der Waals surface area contributed by atoms with Crippen LogP contribution in [-0.2, 0) is 17.8 Å². The van der Waals surface area contributed by atoms with E-state index in [1.54, 1.807) is 29.6 Å². The third kappa shape index (κ3) is 5.11. The lowest BCUT2D eigenvalue weighted by Gasteiger charge is -2.21. The van der Waals surface area contributed by atoms with Gasteiger partial charge in [-0.05, 0) is 53.9 Å². The first-order valence-electron chi connectivity index (χ1n) is 9.83. The van der Waals surface area contributed by atoms with Gasteiger partial charge in [0.1, 0.15) is 5.82 Å². The number of halogens is 1. The van der Waals surface area contributed by atoms with Crippen molar-refractivity contribution in [3.8, 4) is 11.4 Å². The Labute approximate surface area is 179 Å². The first kappa shape index (κ1) is 20.2. The summed E-state index contributed by atoms with van der Waals surface area (Å²) in [6, 6.07) is 15.7. The number of rotatable bonds is 9. The van der Waals surface area contributed by atoms with Gasteiger partial charge in [0.15, 0.2) is 5.82 Å². The van der Waals surface area contributed by atoms with Crippen molar-refractivity contribution in [2.45, 2.75) is 13.0 Å². The van der Waals surface area contributed by atoms with Crippen molar-refractivity contribution in [1.82, 2.24) is 20.2 Å². The molecule has 0 aliphatic carbocycles. The summed E-state index contributed by atoms with van der Waals surface area (Å²) in [7, 11) is 0. The van der Waals surface area contributed by atoms with Crippen LogP contribution in [0.1, 0.15) is 11.1 Å². The zero-order valence-electron chi connectivity index (χ0n) is 16.7. The Balaban J connectivity index is 1.59. The van der Waals surface area contributed by atoms with Gasteiger partial charge in [-0.2, -0.15) is 5.10 Å². The molecular formula is C23H21FN6O. The minimum absolute atomic E-state index is 0.263. The van der Waals surface area contributed by atoms with E-state index in [9.17, 15) is 9.18 Å². The van der Waals surface area contributed by atoms with Gasteiger partial charge in [-0.15, -0.1) is 0 Å². The number of aromatic amines is 1. The van der Waals surface area contributed by atoms with Crippen molar-refractivity contribution < 1.29 is 9.18 Å². The molecule has 2 N–H and O–H groups in total. The molecule has 0 bridgehead atoms. The van der Waals surface area contributed by atoms with Gasteiger partial charge in [0.05, 0.1) is 23.6 Å². The number of anilines is 2. The second-order valence-electron chi connectivity index (χ2n) is 6.94. The summed E-state index contributed by atoms with van der Waals surface area (Å²) in [4.78, 5) is 22.3. The maximum atomic E-state index is 13.5. The van der Waals surface area contributed by atoms with E-state index in [0.717, 1.165) is 23.2 Å². The molecule has 0 radical (unpaired) electrons. The quantitative estimate of drug-likeness (QED) is 0.405. The Bertz CT molecular complexity index is 1130. The highest BCUT2D eigenvalue weighted by atomic mass is 19.1. The second kappa shape index (κ2) is 9.62. The lowest BCUT2D eigenvalue weighted by Crippen LogP contribution is -2.23. The summed E-state index contributed by atoms with van der Waals surface area (Å²) in [5.74, 6) is 0.292. The van der Waals surface area contributed by atoms with Crippen molar-refractivity contribution in [2.24, 2.45) is 0 Å². The lowest BCUT2D eigenvalue weighted by molar-refractivity contribution is -0.107. The summed E-state index contributed by atoms with van der Waals surface area (Å²) in [6.07, 6.45) is 6.45. The summed E-state index contributed by atoms with van der Waals surface area (Å²) in [5.41, 5.74) is 3.88. The molecular weight excluding hydrogens is 395 g/mol. The van der Waals surface area contributed by atoms with Crippen LogP contribution >= 0.6 is 0 Å². The molecule has 0 fully saturated rings. The summed E-state index contributed by atoms with van der Waals surface area (Å²) >= 11 is 0. The molecule has 3 aromatic heterocycles. The topological polar surface area (TPSA) is 86.8 Å². The number of hydrogen-bond donors (Lipinski definition) is 2. The number of carbonyl (C=O) groups excluding carboxylic acids is 1. The molecule has 156 valence electrons. The highest BCUT2D eigenvalue weighted by molar-refractivity contribution is 5.83. The molecule has 0 aliphatic heterocycles. The van der Waals surface area contributed by atoms with Gasteiger partial charge in [-0.25, -0.2) is 9.37 Å². The number of amides is 1. The number of aromatic nitrogens is 4. The zero-order valence-corrected chi connectivity index (χ0v) is 16.7. The van der Waals surface area contributed by atoms with E-state index in [-0.39, 0.29) is 5.82 Å². The first-order chi connectivity index (χ1) is 15.2. The van der Waals surface area contributed by atoms with Gasteiger partial charge in [-0.1, -0.05) is 18.2 Å². The Morgan fingerprint density at radius 2 is 1.97 bits per heavy atom. The SMILES string of the molecule is O=CN(Cc1cccnc1)c1ccc(-c2ccn[nH]2)nc1NCCc1cccc(F)c1. The van der Waals surface area contributed by atoms with Crippen LogP contribution < -0.4 is 10.2 Å². The molecule has 7 nitrogen and oxygen atoms in total. The fraction of sp³-hybridized carbons (Fsp3) is 0.130. The lowest BCUT2D eigenvalue weighted by atomic mass is 10.1. The number of pyridine rings is 2. The molecule has 0 saturated carbocycles. The Hall–Kier alpha value is -4.07. The van der Waals surface area contributed by atoms with Crippen LogP contribution in [0.3, 0.4) is 0 Å². The van der Waals surface area contributed by atoms with Crippen LogP contribution in [0, 0.1) is 5.82 Å². The van der Waals surface area contributed by atoms with E-state index in [2.05, 4.69) is 20.5 Å². The fourth-order valence-electron chi connectivity index (χ4n) is 3.25. The molecule has 0 aliphatic rings. The molecule has 1 aromatic carbocycles. The standard InChI is InChI=1S/C23H21FN6O/c24-19-5-1-3-17(13-19)8-11-26-23-22(7-6-20(28-23)21-9-12-27-29-21)30(16-31)15-18-4-2-10-25-14-18/h1-7,9-10,12-14,16H,8,11,15H2,(H,26,28)(H,27,29). The number of H-pyrrole nitrogens is 1. The minimum Gasteiger partial charge on any atom is -0.368 e. The Morgan fingerprint density at radius 3 is 2.71 bits per heavy atom. The predicted molar refractivity (Wildman–Crippen MR) is 117 cm³/mol. The molecule has 3 heterocycles. The van der Waals surface area contributed by atoms with Crippen molar-refractivity contribution in [3.05, 3.63) is 90.1 Å². The van der Waals surface area contributed by atoms with Crippen molar-refractivity contribution in [3.63, 3.8) is 0 Å². The smallest absolute Gasteiger partial charge is 0.214 e. The van der Waals surface area contributed by atoms with Gasteiger partial charge < -0.3 is 10.2 Å². The van der Waals surface area contributed by atoms with Crippen molar-refractivity contribution >= 4 is 17.9 Å². The molecule has 1 amide bonds. The van der Waals surface area contributed by atoms with Gasteiger partial charge in [0.2, 0.25) is 6.41 Å². The molecule has 0 unspecified atom stereocenters. The minimum atomic E-state index is -0.263. The maximum Gasteiger partial charge on any atom is 0.214 e. The molecule has 0 spiro atoms. The molecule has 0 atom stereocenters. The third-order valence-electron chi connectivity index (χ3n) is 4.76. The number of benzene rings is 1. The third-order valence-corrected chi connectivity index (χ3v) is 4.76. The summed E-state index contributed by atoms with van der Waals surface area (Å²) in [6.45, 7) is 0.885. The molecule has 0 saturated heterocycles. The van der Waals surface area contributed by atoms with E-state index in [1.807, 2.05) is 36.4 Å².